The summed E-state index contributed by atoms with van der Waals surface area (Å²) < 4.78 is 5.81. The predicted octanol–water partition coefficient (Wildman–Crippen LogP) is 1.72. The first-order valence-electron chi connectivity index (χ1n) is 4.97. The van der Waals surface area contributed by atoms with E-state index >= 15 is 0 Å². The Morgan fingerprint density at radius 2 is 1.93 bits per heavy atom. The van der Waals surface area contributed by atoms with E-state index in [4.69, 9.17) is 4.74 Å². The molecule has 0 aliphatic carbocycles. The highest BCUT2D eigenvalue weighted by Crippen LogP contribution is 2.17. The molecule has 0 spiro atoms. The second-order valence-corrected chi connectivity index (χ2v) is 3.62. The van der Waals surface area contributed by atoms with Crippen LogP contribution in [-0.4, -0.2) is 29.1 Å². The molecule has 1 fully saturated rings. The smallest absolute Gasteiger partial charge is 0.122 e. The van der Waals surface area contributed by atoms with Gasteiger partial charge in [0.15, 0.2) is 0 Å². The second-order valence-electron chi connectivity index (χ2n) is 3.62. The molecule has 2 heterocycles. The van der Waals surface area contributed by atoms with Crippen LogP contribution in [-0.2, 0) is 0 Å². The zero-order valence-corrected chi connectivity index (χ0v) is 8.22. The highest BCUT2D eigenvalue weighted by atomic mass is 16.5. The number of hydrogen-bond acceptors (Lipinski definition) is 3. The predicted molar refractivity (Wildman–Crippen MR) is 54.8 cm³/mol. The molecule has 0 N–H and O–H groups in total. The molecule has 3 nitrogen and oxygen atoms in total. The minimum atomic E-state index is 0.343. The number of pyridine rings is 1. The van der Waals surface area contributed by atoms with Crippen molar-refractivity contribution in [2.45, 2.75) is 18.9 Å². The molecular weight excluding hydrogens is 176 g/mol. The standard InChI is InChI=1S/C11H15N2O/c1-13-8-4-11(5-9-13)14-10-2-6-12-7-3-10/h2-3,6-7,11H,1,4-5,8-9H2. The number of likely N-dealkylation sites (tertiary alicyclic amines) is 1. The fourth-order valence-corrected chi connectivity index (χ4v) is 1.64. The molecule has 3 heteroatoms. The summed E-state index contributed by atoms with van der Waals surface area (Å²) in [4.78, 5) is 6.04. The lowest BCUT2D eigenvalue weighted by Gasteiger charge is -2.29. The van der Waals surface area contributed by atoms with E-state index in [1.165, 1.54) is 0 Å². The Balaban J connectivity index is 1.87. The average molecular weight is 191 g/mol. The Bertz CT molecular complexity index is 268. The number of rotatable bonds is 2. The van der Waals surface area contributed by atoms with Crippen LogP contribution in [0.15, 0.2) is 24.5 Å². The number of aromatic nitrogens is 1. The van der Waals surface area contributed by atoms with Crippen molar-refractivity contribution in [2.75, 3.05) is 13.1 Å². The van der Waals surface area contributed by atoms with Gasteiger partial charge in [0.1, 0.15) is 11.9 Å². The van der Waals surface area contributed by atoms with Crippen LogP contribution in [0.5, 0.6) is 5.75 Å². The van der Waals surface area contributed by atoms with Crippen LogP contribution in [0.25, 0.3) is 0 Å². The summed E-state index contributed by atoms with van der Waals surface area (Å²) in [6.45, 7) is 2.05. The molecule has 1 aliphatic rings. The van der Waals surface area contributed by atoms with E-state index in [0.717, 1.165) is 31.7 Å². The lowest BCUT2D eigenvalue weighted by molar-refractivity contribution is 0.122. The van der Waals surface area contributed by atoms with E-state index in [0.29, 0.717) is 6.10 Å². The Hall–Kier alpha value is -1.09. The maximum absolute atomic E-state index is 5.81. The van der Waals surface area contributed by atoms with Crippen LogP contribution in [0.1, 0.15) is 12.8 Å². The fraction of sp³-hybridized carbons (Fsp3) is 0.455. The molecule has 1 saturated heterocycles. The van der Waals surface area contributed by atoms with Crippen molar-refractivity contribution in [3.63, 3.8) is 0 Å². The van der Waals surface area contributed by atoms with Crippen molar-refractivity contribution in [3.05, 3.63) is 31.6 Å². The first-order chi connectivity index (χ1) is 6.84. The van der Waals surface area contributed by atoms with E-state index in [1.807, 2.05) is 12.1 Å². The van der Waals surface area contributed by atoms with Crippen molar-refractivity contribution in [1.29, 1.82) is 0 Å². The number of ether oxygens (including phenoxy) is 1. The molecule has 0 unspecified atom stereocenters. The van der Waals surface area contributed by atoms with Crippen molar-refractivity contribution in [3.8, 4) is 5.75 Å². The molecule has 75 valence electrons. The van der Waals surface area contributed by atoms with Gasteiger partial charge in [0, 0.05) is 32.5 Å². The monoisotopic (exact) mass is 191 g/mol. The van der Waals surface area contributed by atoms with Gasteiger partial charge >= 0.3 is 0 Å². The van der Waals surface area contributed by atoms with Gasteiger partial charge < -0.3 is 9.64 Å². The molecular formula is C11H15N2O. The summed E-state index contributed by atoms with van der Waals surface area (Å²) in [6, 6.07) is 3.80. The maximum atomic E-state index is 5.81. The van der Waals surface area contributed by atoms with Gasteiger partial charge in [-0.2, -0.15) is 0 Å². The highest BCUT2D eigenvalue weighted by Gasteiger charge is 2.17. The summed E-state index contributed by atoms with van der Waals surface area (Å²) in [5.41, 5.74) is 0. The van der Waals surface area contributed by atoms with Crippen LogP contribution in [0.4, 0.5) is 0 Å². The van der Waals surface area contributed by atoms with Gasteiger partial charge in [-0.1, -0.05) is 0 Å². The first kappa shape index (κ1) is 9.46. The summed E-state index contributed by atoms with van der Waals surface area (Å²) in [5.74, 6) is 0.919. The molecule has 1 aromatic heterocycles. The summed E-state index contributed by atoms with van der Waals surface area (Å²) >= 11 is 0. The molecule has 0 atom stereocenters. The molecule has 1 aliphatic heterocycles. The van der Waals surface area contributed by atoms with Crippen molar-refractivity contribution in [1.82, 2.24) is 9.88 Å². The zero-order chi connectivity index (χ0) is 9.80. The van der Waals surface area contributed by atoms with Gasteiger partial charge in [0.05, 0.1) is 0 Å². The molecule has 1 radical (unpaired) electrons. The lowest BCUT2D eigenvalue weighted by atomic mass is 10.1. The lowest BCUT2D eigenvalue weighted by Crippen LogP contribution is -2.34. The van der Waals surface area contributed by atoms with E-state index in [2.05, 4.69) is 16.9 Å². The second kappa shape index (κ2) is 4.42. The first-order valence-corrected chi connectivity index (χ1v) is 4.97. The van der Waals surface area contributed by atoms with Crippen LogP contribution in [0.2, 0.25) is 0 Å². The van der Waals surface area contributed by atoms with E-state index in [-0.39, 0.29) is 0 Å². The summed E-state index contributed by atoms with van der Waals surface area (Å²) in [7, 11) is 3.91. The molecule has 0 bridgehead atoms. The molecule has 2 rings (SSSR count). The van der Waals surface area contributed by atoms with E-state index in [9.17, 15) is 0 Å². The Labute approximate surface area is 84.7 Å². The van der Waals surface area contributed by atoms with E-state index < -0.39 is 0 Å². The zero-order valence-electron chi connectivity index (χ0n) is 8.22. The van der Waals surface area contributed by atoms with Crippen LogP contribution < -0.4 is 4.74 Å². The van der Waals surface area contributed by atoms with Gasteiger partial charge in [-0.15, -0.1) is 0 Å². The largest absolute Gasteiger partial charge is 0.490 e. The normalized spacial score (nSPS) is 19.5. The number of piperidine rings is 1. The topological polar surface area (TPSA) is 25.4 Å². The molecule has 14 heavy (non-hydrogen) atoms. The number of hydrogen-bond donors (Lipinski definition) is 0. The minimum Gasteiger partial charge on any atom is -0.490 e. The van der Waals surface area contributed by atoms with Crippen LogP contribution >= 0.6 is 0 Å². The van der Waals surface area contributed by atoms with Gasteiger partial charge in [0.2, 0.25) is 0 Å². The molecule has 0 saturated carbocycles. The average Bonchev–Trinajstić information content (AvgIpc) is 2.23. The quantitative estimate of drug-likeness (QED) is 0.711. The Morgan fingerprint density at radius 3 is 2.57 bits per heavy atom. The van der Waals surface area contributed by atoms with Crippen LogP contribution in [0.3, 0.4) is 0 Å². The van der Waals surface area contributed by atoms with Crippen molar-refractivity contribution < 1.29 is 4.74 Å². The summed E-state index contributed by atoms with van der Waals surface area (Å²) in [6.07, 6.45) is 5.98. The SMILES string of the molecule is [CH2]N1CCC(Oc2ccncc2)CC1. The molecule has 0 amide bonds. The molecule has 0 aromatic carbocycles. The third-order valence-corrected chi connectivity index (χ3v) is 2.49. The Morgan fingerprint density at radius 1 is 1.29 bits per heavy atom. The highest BCUT2D eigenvalue weighted by molar-refractivity contribution is 5.17. The maximum Gasteiger partial charge on any atom is 0.122 e. The minimum absolute atomic E-state index is 0.343. The molecule has 1 aromatic rings. The van der Waals surface area contributed by atoms with E-state index in [1.54, 1.807) is 12.4 Å². The van der Waals surface area contributed by atoms with Gasteiger partial charge in [0.25, 0.3) is 0 Å². The summed E-state index contributed by atoms with van der Waals surface area (Å²) in [5, 5.41) is 0. The van der Waals surface area contributed by atoms with Crippen LogP contribution in [0, 0.1) is 7.05 Å². The van der Waals surface area contributed by atoms with Gasteiger partial charge in [-0.3, -0.25) is 4.98 Å². The fourth-order valence-electron chi connectivity index (χ4n) is 1.64. The van der Waals surface area contributed by atoms with Gasteiger partial charge in [-0.05, 0) is 25.0 Å². The number of nitrogens with zero attached hydrogens (tertiary/aromatic N) is 2. The Kier molecular flexibility index (Phi) is 2.99. The van der Waals surface area contributed by atoms with Gasteiger partial charge in [-0.25, -0.2) is 0 Å². The third kappa shape index (κ3) is 2.45. The third-order valence-electron chi connectivity index (χ3n) is 2.49. The van der Waals surface area contributed by atoms with Crippen molar-refractivity contribution >= 4 is 0 Å². The van der Waals surface area contributed by atoms with Crippen molar-refractivity contribution in [2.24, 2.45) is 0 Å².